The van der Waals surface area contributed by atoms with E-state index in [0.29, 0.717) is 5.02 Å². The van der Waals surface area contributed by atoms with Crippen LogP contribution in [0.2, 0.25) is 10.0 Å². The molecule has 2 N–H and O–H groups in total. The van der Waals surface area contributed by atoms with E-state index in [0.717, 1.165) is 6.07 Å². The predicted molar refractivity (Wildman–Crippen MR) is 98.4 cm³/mol. The second-order valence-electron chi connectivity index (χ2n) is 5.60. The molecule has 0 spiro atoms. The van der Waals surface area contributed by atoms with Crippen LogP contribution in [0.5, 0.6) is 0 Å². The van der Waals surface area contributed by atoms with Gasteiger partial charge in [-0.05, 0) is 43.3 Å². The number of hydrogen-bond acceptors (Lipinski definition) is 5. The summed E-state index contributed by atoms with van der Waals surface area (Å²) in [5, 5.41) is 10.2. The summed E-state index contributed by atoms with van der Waals surface area (Å²) in [7, 11) is -4.14. The Kier molecular flexibility index (Phi) is 7.19. The van der Waals surface area contributed by atoms with E-state index in [1.54, 1.807) is 0 Å². The molecule has 0 amide bonds. The highest BCUT2D eigenvalue weighted by Crippen LogP contribution is 2.20. The van der Waals surface area contributed by atoms with Gasteiger partial charge in [-0.2, -0.15) is 4.72 Å². The number of halogens is 3. The number of nitrogens with one attached hydrogen (secondary N) is 1. The quantitative estimate of drug-likeness (QED) is 0.652. The zero-order chi connectivity index (χ0) is 20.2. The van der Waals surface area contributed by atoms with Crippen LogP contribution < -0.4 is 4.72 Å². The molecular formula is C17H16Cl2FNO5S. The van der Waals surface area contributed by atoms with Gasteiger partial charge in [0.15, 0.2) is 0 Å². The third-order valence-electron chi connectivity index (χ3n) is 3.56. The molecule has 0 aliphatic carbocycles. The average Bonchev–Trinajstić information content (AvgIpc) is 2.59. The molecule has 0 bridgehead atoms. The van der Waals surface area contributed by atoms with E-state index in [9.17, 15) is 22.7 Å². The van der Waals surface area contributed by atoms with Gasteiger partial charge in [0.25, 0.3) is 0 Å². The highest BCUT2D eigenvalue weighted by Gasteiger charge is 2.31. The molecule has 2 aromatic carbocycles. The Morgan fingerprint density at radius 3 is 2.41 bits per heavy atom. The van der Waals surface area contributed by atoms with E-state index >= 15 is 0 Å². The molecule has 0 heterocycles. The first-order valence-corrected chi connectivity index (χ1v) is 9.91. The SMILES string of the molecule is C[C@@H](O)[C@@H](NS(=O)(=O)c1ccc(Cl)cc1)C(=O)OCc1c(F)cccc1Cl. The number of rotatable bonds is 7. The number of benzene rings is 2. The van der Waals surface area contributed by atoms with Gasteiger partial charge in [0.1, 0.15) is 18.5 Å². The molecule has 10 heteroatoms. The van der Waals surface area contributed by atoms with Gasteiger partial charge in [-0.15, -0.1) is 0 Å². The van der Waals surface area contributed by atoms with Crippen LogP contribution in [0.1, 0.15) is 12.5 Å². The summed E-state index contributed by atoms with van der Waals surface area (Å²) in [6, 6.07) is 7.58. The summed E-state index contributed by atoms with van der Waals surface area (Å²) in [5.41, 5.74) is -0.0579. The van der Waals surface area contributed by atoms with Crippen LogP contribution in [0.3, 0.4) is 0 Å². The fraction of sp³-hybridized carbons (Fsp3) is 0.235. The zero-order valence-electron chi connectivity index (χ0n) is 14.0. The van der Waals surface area contributed by atoms with Gasteiger partial charge in [-0.25, -0.2) is 12.8 Å². The van der Waals surface area contributed by atoms with Crippen molar-refractivity contribution >= 4 is 39.2 Å². The highest BCUT2D eigenvalue weighted by molar-refractivity contribution is 7.89. The van der Waals surface area contributed by atoms with Crippen molar-refractivity contribution in [1.82, 2.24) is 4.72 Å². The standard InChI is InChI=1S/C17H16Cl2FNO5S/c1-10(22)16(21-27(24,25)12-7-5-11(18)6-8-12)17(23)26-9-13-14(19)3-2-4-15(13)20/h2-8,10,16,21-22H,9H2,1H3/t10-,16-/m1/s1. The molecule has 0 saturated carbocycles. The fourth-order valence-electron chi connectivity index (χ4n) is 2.10. The molecule has 0 aliphatic heterocycles. The van der Waals surface area contributed by atoms with E-state index in [-0.39, 0.29) is 15.5 Å². The third-order valence-corrected chi connectivity index (χ3v) is 5.63. The minimum Gasteiger partial charge on any atom is -0.459 e. The summed E-state index contributed by atoms with van der Waals surface area (Å²) in [5.74, 6) is -1.76. The average molecular weight is 436 g/mol. The van der Waals surface area contributed by atoms with E-state index in [4.69, 9.17) is 27.9 Å². The number of aliphatic hydroxyl groups is 1. The lowest BCUT2D eigenvalue weighted by Gasteiger charge is -2.20. The van der Waals surface area contributed by atoms with Crippen LogP contribution in [0, 0.1) is 5.82 Å². The Bertz CT molecular complexity index is 899. The van der Waals surface area contributed by atoms with Crippen LogP contribution in [-0.2, 0) is 26.2 Å². The van der Waals surface area contributed by atoms with Crippen LogP contribution >= 0.6 is 23.2 Å². The van der Waals surface area contributed by atoms with Gasteiger partial charge in [0.2, 0.25) is 10.0 Å². The van der Waals surface area contributed by atoms with Crippen LogP contribution in [0.25, 0.3) is 0 Å². The van der Waals surface area contributed by atoms with E-state index in [2.05, 4.69) is 4.72 Å². The Labute approximate surface area is 165 Å². The number of aliphatic hydroxyl groups excluding tert-OH is 1. The first-order valence-electron chi connectivity index (χ1n) is 7.67. The molecule has 146 valence electrons. The molecule has 27 heavy (non-hydrogen) atoms. The van der Waals surface area contributed by atoms with Crippen molar-refractivity contribution in [1.29, 1.82) is 0 Å². The maximum atomic E-state index is 13.7. The lowest BCUT2D eigenvalue weighted by molar-refractivity contribution is -0.149. The Balaban J connectivity index is 2.14. The maximum Gasteiger partial charge on any atom is 0.327 e. The highest BCUT2D eigenvalue weighted by atomic mass is 35.5. The molecule has 0 aromatic heterocycles. The largest absolute Gasteiger partial charge is 0.459 e. The minimum atomic E-state index is -4.14. The maximum absolute atomic E-state index is 13.7. The van der Waals surface area contributed by atoms with E-state index < -0.39 is 40.6 Å². The molecular weight excluding hydrogens is 420 g/mol. The predicted octanol–water partition coefficient (Wildman–Crippen LogP) is 2.90. The van der Waals surface area contributed by atoms with Crippen molar-refractivity contribution in [2.75, 3.05) is 0 Å². The molecule has 6 nitrogen and oxygen atoms in total. The Hall–Kier alpha value is -1.71. The lowest BCUT2D eigenvalue weighted by atomic mass is 10.2. The van der Waals surface area contributed by atoms with Gasteiger partial charge in [-0.3, -0.25) is 4.79 Å². The number of ether oxygens (including phenoxy) is 1. The summed E-state index contributed by atoms with van der Waals surface area (Å²) < 4.78 is 45.5. The van der Waals surface area contributed by atoms with Crippen molar-refractivity contribution in [3.63, 3.8) is 0 Å². The Morgan fingerprint density at radius 2 is 1.85 bits per heavy atom. The monoisotopic (exact) mass is 435 g/mol. The fourth-order valence-corrected chi connectivity index (χ4v) is 3.70. The van der Waals surface area contributed by atoms with Gasteiger partial charge in [0, 0.05) is 10.6 Å². The van der Waals surface area contributed by atoms with Crippen LogP contribution in [0.4, 0.5) is 4.39 Å². The summed E-state index contributed by atoms with van der Waals surface area (Å²) in [4.78, 5) is 12.1. The van der Waals surface area contributed by atoms with Gasteiger partial charge >= 0.3 is 5.97 Å². The molecule has 2 atom stereocenters. The van der Waals surface area contributed by atoms with Crippen molar-refractivity contribution in [2.24, 2.45) is 0 Å². The van der Waals surface area contributed by atoms with E-state index in [1.807, 2.05) is 0 Å². The molecule has 0 fully saturated rings. The Morgan fingerprint density at radius 1 is 1.22 bits per heavy atom. The number of carbonyl (C=O) groups is 1. The van der Waals surface area contributed by atoms with Gasteiger partial charge < -0.3 is 9.84 Å². The minimum absolute atomic E-state index is 0.0538. The van der Waals surface area contributed by atoms with Crippen molar-refractivity contribution in [2.45, 2.75) is 30.6 Å². The first kappa shape index (κ1) is 21.6. The van der Waals surface area contributed by atoms with Crippen molar-refractivity contribution in [3.05, 3.63) is 63.9 Å². The van der Waals surface area contributed by atoms with Crippen LogP contribution in [-0.4, -0.2) is 31.6 Å². The second-order valence-corrected chi connectivity index (χ2v) is 8.16. The normalized spacial score (nSPS) is 13.8. The number of hydrogen-bond donors (Lipinski definition) is 2. The topological polar surface area (TPSA) is 92.7 Å². The lowest BCUT2D eigenvalue weighted by Crippen LogP contribution is -2.48. The van der Waals surface area contributed by atoms with Gasteiger partial charge in [-0.1, -0.05) is 29.3 Å². The second kappa shape index (κ2) is 8.99. The molecule has 0 unspecified atom stereocenters. The number of sulfonamides is 1. The molecule has 2 aromatic rings. The molecule has 0 radical (unpaired) electrons. The first-order chi connectivity index (χ1) is 12.6. The number of esters is 1. The number of carbonyl (C=O) groups excluding carboxylic acids is 1. The van der Waals surface area contributed by atoms with Crippen LogP contribution in [0.15, 0.2) is 47.4 Å². The summed E-state index contributed by atoms with van der Waals surface area (Å²) >= 11 is 11.6. The molecule has 0 aliphatic rings. The molecule has 0 saturated heterocycles. The van der Waals surface area contributed by atoms with Gasteiger partial charge in [0.05, 0.1) is 16.0 Å². The van der Waals surface area contributed by atoms with Crippen molar-refractivity contribution < 1.29 is 27.4 Å². The summed E-state index contributed by atoms with van der Waals surface area (Å²) in [6.45, 7) is 0.697. The smallest absolute Gasteiger partial charge is 0.327 e. The molecule has 2 rings (SSSR count). The van der Waals surface area contributed by atoms with E-state index in [1.165, 1.54) is 43.3 Å². The van der Waals surface area contributed by atoms with Crippen molar-refractivity contribution in [3.8, 4) is 0 Å². The third kappa shape index (κ3) is 5.63. The summed E-state index contributed by atoms with van der Waals surface area (Å²) in [6.07, 6.45) is -1.41. The zero-order valence-corrected chi connectivity index (χ0v) is 16.4.